The summed E-state index contributed by atoms with van der Waals surface area (Å²) in [5, 5.41) is 6.02. The van der Waals surface area contributed by atoms with Crippen molar-refractivity contribution in [3.63, 3.8) is 0 Å². The number of rotatable bonds is 5. The minimum Gasteiger partial charge on any atom is -1.00 e. The smallest absolute Gasteiger partial charge is 0.123 e. The fourth-order valence-electron chi connectivity index (χ4n) is 2.73. The van der Waals surface area contributed by atoms with Crippen LogP contribution in [0.4, 0.5) is 0 Å². The summed E-state index contributed by atoms with van der Waals surface area (Å²) in [6, 6.07) is 21.2. The Kier molecular flexibility index (Phi) is 6.03. The molecule has 2 nitrogen and oxygen atoms in total. The number of aryl methyl sites for hydroxylation is 1. The van der Waals surface area contributed by atoms with Gasteiger partial charge >= 0.3 is 0 Å². The molecule has 0 bridgehead atoms. The van der Waals surface area contributed by atoms with Crippen LogP contribution in [0.15, 0.2) is 60.7 Å². The SMILES string of the molecule is COc1ccc2ccccc2c1CNCc1ccc(C)cc1.[Cl-]. The molecule has 0 amide bonds. The summed E-state index contributed by atoms with van der Waals surface area (Å²) in [5.74, 6) is 0.940. The molecule has 0 radical (unpaired) electrons. The van der Waals surface area contributed by atoms with E-state index in [1.54, 1.807) is 7.11 Å². The first kappa shape index (κ1) is 17.3. The number of halogens is 1. The third-order valence-electron chi connectivity index (χ3n) is 3.97. The minimum atomic E-state index is 0. The highest BCUT2D eigenvalue weighted by Crippen LogP contribution is 2.27. The molecular formula is C20H21ClNO-. The van der Waals surface area contributed by atoms with Crippen molar-refractivity contribution >= 4 is 10.8 Å². The predicted molar refractivity (Wildman–Crippen MR) is 92.2 cm³/mol. The second-order valence-electron chi connectivity index (χ2n) is 5.56. The highest BCUT2D eigenvalue weighted by molar-refractivity contribution is 5.87. The molecule has 120 valence electrons. The number of hydrogen-bond acceptors (Lipinski definition) is 2. The van der Waals surface area contributed by atoms with Crippen LogP contribution in [-0.2, 0) is 13.1 Å². The van der Waals surface area contributed by atoms with E-state index in [9.17, 15) is 0 Å². The van der Waals surface area contributed by atoms with Crippen LogP contribution >= 0.6 is 0 Å². The zero-order valence-corrected chi connectivity index (χ0v) is 14.2. The van der Waals surface area contributed by atoms with Gasteiger partial charge in [-0.1, -0.05) is 60.2 Å². The van der Waals surface area contributed by atoms with Gasteiger partial charge in [-0.25, -0.2) is 0 Å². The lowest BCUT2D eigenvalue weighted by molar-refractivity contribution is -0.00000475. The van der Waals surface area contributed by atoms with Gasteiger partial charge in [0.15, 0.2) is 0 Å². The van der Waals surface area contributed by atoms with Crippen LogP contribution in [0.1, 0.15) is 16.7 Å². The van der Waals surface area contributed by atoms with Crippen molar-refractivity contribution in [1.29, 1.82) is 0 Å². The number of fused-ring (bicyclic) bond motifs is 1. The molecule has 3 aromatic rings. The number of benzene rings is 3. The summed E-state index contributed by atoms with van der Waals surface area (Å²) in [6.07, 6.45) is 0. The van der Waals surface area contributed by atoms with Gasteiger partial charge in [0.25, 0.3) is 0 Å². The summed E-state index contributed by atoms with van der Waals surface area (Å²) < 4.78 is 5.53. The molecule has 0 aliphatic carbocycles. The van der Waals surface area contributed by atoms with Crippen LogP contribution in [0.25, 0.3) is 10.8 Å². The lowest BCUT2D eigenvalue weighted by Crippen LogP contribution is -3.00. The van der Waals surface area contributed by atoms with Crippen molar-refractivity contribution < 1.29 is 17.1 Å². The van der Waals surface area contributed by atoms with Gasteiger partial charge in [-0.15, -0.1) is 0 Å². The summed E-state index contributed by atoms with van der Waals surface area (Å²) in [4.78, 5) is 0. The second kappa shape index (κ2) is 8.00. The average Bonchev–Trinajstić information content (AvgIpc) is 2.56. The fourth-order valence-corrected chi connectivity index (χ4v) is 2.73. The maximum atomic E-state index is 5.53. The summed E-state index contributed by atoms with van der Waals surface area (Å²) in [7, 11) is 1.73. The molecule has 23 heavy (non-hydrogen) atoms. The lowest BCUT2D eigenvalue weighted by Gasteiger charge is -2.13. The number of methoxy groups -OCH3 is 1. The van der Waals surface area contributed by atoms with Crippen LogP contribution in [0.5, 0.6) is 5.75 Å². The topological polar surface area (TPSA) is 21.3 Å². The van der Waals surface area contributed by atoms with Crippen LogP contribution in [-0.4, -0.2) is 7.11 Å². The van der Waals surface area contributed by atoms with Crippen molar-refractivity contribution in [3.8, 4) is 5.75 Å². The van der Waals surface area contributed by atoms with Gasteiger partial charge in [0.05, 0.1) is 7.11 Å². The van der Waals surface area contributed by atoms with Crippen LogP contribution in [0.2, 0.25) is 0 Å². The Hall–Kier alpha value is -2.03. The molecule has 0 unspecified atom stereocenters. The van der Waals surface area contributed by atoms with Crippen molar-refractivity contribution in [3.05, 3.63) is 77.4 Å². The third kappa shape index (κ3) is 4.04. The molecule has 0 fully saturated rings. The van der Waals surface area contributed by atoms with Crippen LogP contribution < -0.4 is 22.5 Å². The van der Waals surface area contributed by atoms with E-state index in [1.807, 2.05) is 6.07 Å². The van der Waals surface area contributed by atoms with Gasteiger partial charge in [-0.2, -0.15) is 0 Å². The molecule has 0 atom stereocenters. The zero-order valence-electron chi connectivity index (χ0n) is 13.5. The first-order chi connectivity index (χ1) is 10.8. The molecule has 0 aromatic heterocycles. The molecule has 0 saturated heterocycles. The quantitative estimate of drug-likeness (QED) is 0.766. The maximum Gasteiger partial charge on any atom is 0.123 e. The van der Waals surface area contributed by atoms with Crippen molar-refractivity contribution in [1.82, 2.24) is 5.32 Å². The molecule has 0 saturated carbocycles. The Morgan fingerprint density at radius 3 is 2.35 bits per heavy atom. The molecule has 1 N–H and O–H groups in total. The third-order valence-corrected chi connectivity index (χ3v) is 3.97. The largest absolute Gasteiger partial charge is 1.00 e. The number of ether oxygens (including phenoxy) is 1. The van der Waals surface area contributed by atoms with E-state index in [0.29, 0.717) is 0 Å². The number of nitrogens with one attached hydrogen (secondary N) is 1. The first-order valence-electron chi connectivity index (χ1n) is 7.59. The van der Waals surface area contributed by atoms with E-state index in [2.05, 4.69) is 66.8 Å². The van der Waals surface area contributed by atoms with Gasteiger partial charge in [0.2, 0.25) is 0 Å². The Labute approximate surface area is 143 Å². The fraction of sp³-hybridized carbons (Fsp3) is 0.200. The normalized spacial score (nSPS) is 10.3. The highest BCUT2D eigenvalue weighted by atomic mass is 35.5. The van der Waals surface area contributed by atoms with Gasteiger partial charge in [0.1, 0.15) is 5.75 Å². The number of hydrogen-bond donors (Lipinski definition) is 1. The summed E-state index contributed by atoms with van der Waals surface area (Å²) in [6.45, 7) is 3.75. The van der Waals surface area contributed by atoms with E-state index >= 15 is 0 Å². The Morgan fingerprint density at radius 1 is 0.870 bits per heavy atom. The Bertz CT molecular complexity index is 768. The van der Waals surface area contributed by atoms with Gasteiger partial charge < -0.3 is 22.5 Å². The van der Waals surface area contributed by atoms with Gasteiger partial charge in [-0.3, -0.25) is 0 Å². The van der Waals surface area contributed by atoms with Crippen molar-refractivity contribution in [2.45, 2.75) is 20.0 Å². The van der Waals surface area contributed by atoms with Gasteiger partial charge in [0, 0.05) is 18.7 Å². The second-order valence-corrected chi connectivity index (χ2v) is 5.56. The van der Waals surface area contributed by atoms with Crippen LogP contribution in [0.3, 0.4) is 0 Å². The minimum absolute atomic E-state index is 0. The molecular weight excluding hydrogens is 306 g/mol. The lowest BCUT2D eigenvalue weighted by atomic mass is 10.0. The van der Waals surface area contributed by atoms with E-state index in [0.717, 1.165) is 18.8 Å². The average molecular weight is 327 g/mol. The highest BCUT2D eigenvalue weighted by Gasteiger charge is 2.07. The molecule has 0 aliphatic heterocycles. The summed E-state index contributed by atoms with van der Waals surface area (Å²) >= 11 is 0. The summed E-state index contributed by atoms with van der Waals surface area (Å²) in [5.41, 5.74) is 3.80. The Balaban J connectivity index is 0.00000192. The van der Waals surface area contributed by atoms with E-state index in [1.165, 1.54) is 27.5 Å². The Morgan fingerprint density at radius 2 is 1.61 bits per heavy atom. The van der Waals surface area contributed by atoms with E-state index in [4.69, 9.17) is 4.74 Å². The van der Waals surface area contributed by atoms with Crippen molar-refractivity contribution in [2.75, 3.05) is 7.11 Å². The molecule has 3 rings (SSSR count). The monoisotopic (exact) mass is 326 g/mol. The molecule has 3 aromatic carbocycles. The van der Waals surface area contributed by atoms with Crippen LogP contribution in [0, 0.1) is 6.92 Å². The standard InChI is InChI=1S/C20H21NO.ClH/c1-15-7-9-16(10-8-15)13-21-14-19-18-6-4-3-5-17(18)11-12-20(19)22-2;/h3-12,21H,13-14H2,1-2H3;1H/p-1. The molecule has 3 heteroatoms. The van der Waals surface area contributed by atoms with E-state index < -0.39 is 0 Å². The van der Waals surface area contributed by atoms with E-state index in [-0.39, 0.29) is 12.4 Å². The molecule has 0 heterocycles. The molecule has 0 spiro atoms. The van der Waals surface area contributed by atoms with Crippen molar-refractivity contribution in [2.24, 2.45) is 0 Å². The maximum absolute atomic E-state index is 5.53. The zero-order chi connectivity index (χ0) is 15.4. The van der Waals surface area contributed by atoms with Gasteiger partial charge in [-0.05, 0) is 29.3 Å². The predicted octanol–water partition coefficient (Wildman–Crippen LogP) is 1.45. The molecule has 0 aliphatic rings. The first-order valence-corrected chi connectivity index (χ1v) is 7.59.